The number of halogens is 1. The van der Waals surface area contributed by atoms with Crippen molar-refractivity contribution in [2.24, 2.45) is 0 Å². The van der Waals surface area contributed by atoms with Gasteiger partial charge in [0.15, 0.2) is 0 Å². The number of benzene rings is 4. The fourth-order valence-corrected chi connectivity index (χ4v) is 4.70. The Morgan fingerprint density at radius 3 is 2.17 bits per heavy atom. The number of rotatable bonds is 10. The Bertz CT molecular complexity index is 1560. The van der Waals surface area contributed by atoms with Crippen LogP contribution in [0.15, 0.2) is 114 Å². The third kappa shape index (κ3) is 8.99. The molecule has 0 heterocycles. The van der Waals surface area contributed by atoms with Crippen molar-refractivity contribution in [2.75, 3.05) is 35.4 Å². The van der Waals surface area contributed by atoms with E-state index >= 15 is 0 Å². The highest BCUT2D eigenvalue weighted by Crippen LogP contribution is 2.23. The molecule has 7 nitrogen and oxygen atoms in total. The average molecular weight is 585 g/mol. The van der Waals surface area contributed by atoms with E-state index in [1.807, 2.05) is 55.4 Å². The molecule has 0 saturated carbocycles. The molecule has 3 amide bonds. The Kier molecular flexibility index (Phi) is 10.2. The molecule has 4 rings (SSSR count). The second-order valence-electron chi connectivity index (χ2n) is 9.19. The van der Waals surface area contributed by atoms with Crippen molar-refractivity contribution in [3.05, 3.63) is 125 Å². The molecule has 41 heavy (non-hydrogen) atoms. The summed E-state index contributed by atoms with van der Waals surface area (Å²) >= 11 is 7.32. The van der Waals surface area contributed by atoms with Gasteiger partial charge in [-0.2, -0.15) is 0 Å². The Morgan fingerprint density at radius 1 is 0.805 bits per heavy atom. The van der Waals surface area contributed by atoms with Crippen molar-refractivity contribution in [1.29, 1.82) is 0 Å². The van der Waals surface area contributed by atoms with Crippen LogP contribution in [0, 0.1) is 0 Å². The Hall–Kier alpha value is -4.53. The lowest BCUT2D eigenvalue weighted by molar-refractivity contribution is -0.114. The summed E-state index contributed by atoms with van der Waals surface area (Å²) < 4.78 is 0. The van der Waals surface area contributed by atoms with Gasteiger partial charge in [0, 0.05) is 46.6 Å². The first-order valence-corrected chi connectivity index (χ1v) is 14.1. The van der Waals surface area contributed by atoms with Crippen molar-refractivity contribution in [2.45, 2.75) is 4.90 Å². The van der Waals surface area contributed by atoms with Crippen molar-refractivity contribution in [3.8, 4) is 0 Å². The van der Waals surface area contributed by atoms with Gasteiger partial charge in [0.25, 0.3) is 11.8 Å². The summed E-state index contributed by atoms with van der Waals surface area (Å²) in [5, 5.41) is 8.97. The SMILES string of the molecule is CN(C)c1ccc(/C=C(/NC(=O)c2ccccc2)C(=O)Nc2cccc(SCC(=O)Nc3cccc(Cl)c3)c2)cc1. The molecule has 0 spiro atoms. The largest absolute Gasteiger partial charge is 0.378 e. The lowest BCUT2D eigenvalue weighted by Crippen LogP contribution is -2.30. The van der Waals surface area contributed by atoms with Gasteiger partial charge in [-0.1, -0.05) is 54.1 Å². The lowest BCUT2D eigenvalue weighted by atomic mass is 10.1. The zero-order chi connectivity index (χ0) is 29.2. The van der Waals surface area contributed by atoms with E-state index in [1.54, 1.807) is 72.8 Å². The molecule has 3 N–H and O–H groups in total. The predicted octanol–water partition coefficient (Wildman–Crippen LogP) is 6.55. The van der Waals surface area contributed by atoms with Gasteiger partial charge in [0.2, 0.25) is 5.91 Å². The minimum Gasteiger partial charge on any atom is -0.378 e. The lowest BCUT2D eigenvalue weighted by Gasteiger charge is -2.14. The van der Waals surface area contributed by atoms with Crippen LogP contribution in [0.4, 0.5) is 17.1 Å². The summed E-state index contributed by atoms with van der Waals surface area (Å²) in [5.41, 5.74) is 3.44. The molecular weight excluding hydrogens is 556 g/mol. The molecule has 0 aliphatic rings. The number of hydrogen-bond acceptors (Lipinski definition) is 5. The number of hydrogen-bond donors (Lipinski definition) is 3. The van der Waals surface area contributed by atoms with Crippen LogP contribution in [0.5, 0.6) is 0 Å². The summed E-state index contributed by atoms with van der Waals surface area (Å²) in [5.74, 6) is -0.884. The monoisotopic (exact) mass is 584 g/mol. The number of amides is 3. The van der Waals surface area contributed by atoms with Crippen LogP contribution in [0.2, 0.25) is 5.02 Å². The van der Waals surface area contributed by atoms with Crippen LogP contribution in [0.3, 0.4) is 0 Å². The normalized spacial score (nSPS) is 11.0. The van der Waals surface area contributed by atoms with E-state index in [9.17, 15) is 14.4 Å². The fourth-order valence-electron chi connectivity index (χ4n) is 3.75. The Labute approximate surface area is 248 Å². The third-order valence-electron chi connectivity index (χ3n) is 5.82. The maximum absolute atomic E-state index is 13.4. The summed E-state index contributed by atoms with van der Waals surface area (Å²) in [4.78, 5) is 41.5. The van der Waals surface area contributed by atoms with Crippen LogP contribution >= 0.6 is 23.4 Å². The zero-order valence-electron chi connectivity index (χ0n) is 22.6. The first-order valence-electron chi connectivity index (χ1n) is 12.7. The van der Waals surface area contributed by atoms with Gasteiger partial charge < -0.3 is 20.9 Å². The van der Waals surface area contributed by atoms with Crippen molar-refractivity contribution < 1.29 is 14.4 Å². The van der Waals surface area contributed by atoms with Gasteiger partial charge in [-0.15, -0.1) is 11.8 Å². The number of nitrogens with one attached hydrogen (secondary N) is 3. The van der Waals surface area contributed by atoms with Gasteiger partial charge >= 0.3 is 0 Å². The molecule has 0 unspecified atom stereocenters. The highest BCUT2D eigenvalue weighted by atomic mass is 35.5. The van der Waals surface area contributed by atoms with Crippen LogP contribution in [-0.4, -0.2) is 37.6 Å². The standard InChI is InChI=1S/C32H29ClN4O3S/c1-37(2)27-16-14-22(15-17-27)18-29(36-31(39)23-8-4-3-5-9-23)32(40)35-26-12-7-13-28(20-26)41-21-30(38)34-25-11-6-10-24(33)19-25/h3-20H,21H2,1-2H3,(H,34,38)(H,35,40)(H,36,39)/b29-18+. The molecule has 0 aliphatic carbocycles. The number of anilines is 3. The maximum atomic E-state index is 13.4. The molecule has 0 bridgehead atoms. The molecular formula is C32H29ClN4O3S. The van der Waals surface area contributed by atoms with Gasteiger partial charge in [-0.3, -0.25) is 14.4 Å². The zero-order valence-corrected chi connectivity index (χ0v) is 24.1. The Balaban J connectivity index is 1.46. The second kappa shape index (κ2) is 14.2. The van der Waals surface area contributed by atoms with Crippen LogP contribution in [0.25, 0.3) is 6.08 Å². The van der Waals surface area contributed by atoms with E-state index in [2.05, 4.69) is 16.0 Å². The van der Waals surface area contributed by atoms with E-state index in [0.717, 1.165) is 16.1 Å². The minimum absolute atomic E-state index is 0.0930. The van der Waals surface area contributed by atoms with Crippen LogP contribution < -0.4 is 20.9 Å². The number of carbonyl (C=O) groups excluding carboxylic acids is 3. The molecule has 9 heteroatoms. The summed E-state index contributed by atoms with van der Waals surface area (Å²) in [6.45, 7) is 0. The summed E-state index contributed by atoms with van der Waals surface area (Å²) in [6, 6.07) is 30.4. The smallest absolute Gasteiger partial charge is 0.272 e. The van der Waals surface area contributed by atoms with Crippen molar-refractivity contribution in [1.82, 2.24) is 5.32 Å². The molecule has 0 atom stereocenters. The van der Waals surface area contributed by atoms with E-state index in [0.29, 0.717) is 22.0 Å². The maximum Gasteiger partial charge on any atom is 0.272 e. The highest BCUT2D eigenvalue weighted by molar-refractivity contribution is 8.00. The first-order chi connectivity index (χ1) is 19.8. The number of thioether (sulfide) groups is 1. The Morgan fingerprint density at radius 2 is 1.49 bits per heavy atom. The van der Waals surface area contributed by atoms with Crippen molar-refractivity contribution >= 4 is 64.2 Å². The highest BCUT2D eigenvalue weighted by Gasteiger charge is 2.16. The molecule has 0 aromatic heterocycles. The second-order valence-corrected chi connectivity index (χ2v) is 10.7. The third-order valence-corrected chi connectivity index (χ3v) is 7.05. The van der Waals surface area contributed by atoms with E-state index in [1.165, 1.54) is 11.8 Å². The van der Waals surface area contributed by atoms with Crippen molar-refractivity contribution in [3.63, 3.8) is 0 Å². The molecule has 0 radical (unpaired) electrons. The first kappa shape index (κ1) is 29.5. The van der Waals surface area contributed by atoms with E-state index in [-0.39, 0.29) is 17.4 Å². The number of nitrogens with zero attached hydrogens (tertiary/aromatic N) is 1. The van der Waals surface area contributed by atoms with Gasteiger partial charge in [0.1, 0.15) is 5.70 Å². The molecule has 4 aromatic carbocycles. The fraction of sp³-hybridized carbons (Fsp3) is 0.0938. The van der Waals surface area contributed by atoms with Gasteiger partial charge in [0.05, 0.1) is 5.75 Å². The average Bonchev–Trinajstić information content (AvgIpc) is 2.96. The van der Waals surface area contributed by atoms with Gasteiger partial charge in [-0.25, -0.2) is 0 Å². The molecule has 0 aliphatic heterocycles. The van der Waals surface area contributed by atoms with Crippen LogP contribution in [-0.2, 0) is 9.59 Å². The number of carbonyl (C=O) groups is 3. The predicted molar refractivity (Wildman–Crippen MR) is 169 cm³/mol. The van der Waals surface area contributed by atoms with Gasteiger partial charge in [-0.05, 0) is 72.3 Å². The topological polar surface area (TPSA) is 90.5 Å². The molecule has 208 valence electrons. The quantitative estimate of drug-likeness (QED) is 0.145. The summed E-state index contributed by atoms with van der Waals surface area (Å²) in [6.07, 6.45) is 1.63. The summed E-state index contributed by atoms with van der Waals surface area (Å²) in [7, 11) is 3.89. The molecule has 0 saturated heterocycles. The van der Waals surface area contributed by atoms with E-state index in [4.69, 9.17) is 11.6 Å². The van der Waals surface area contributed by atoms with E-state index < -0.39 is 11.8 Å². The minimum atomic E-state index is -0.480. The molecule has 0 fully saturated rings. The van der Waals surface area contributed by atoms with Crippen LogP contribution in [0.1, 0.15) is 15.9 Å². The molecule has 4 aromatic rings.